The SMILES string of the molecule is CCOc1cc(C(=O)N/N=C/c2cc(Br)c(OCC(=O)Nc3ccccc3C)c(Br)c2)ccc1OCc1ccccc1. The summed E-state index contributed by atoms with van der Waals surface area (Å²) in [5, 5.41) is 6.93. The van der Waals surface area contributed by atoms with Crippen LogP contribution >= 0.6 is 31.9 Å². The summed E-state index contributed by atoms with van der Waals surface area (Å²) in [7, 11) is 0. The van der Waals surface area contributed by atoms with Gasteiger partial charge in [0.2, 0.25) is 0 Å². The third-order valence-corrected chi connectivity index (χ3v) is 7.09. The molecule has 2 amide bonds. The fourth-order valence-electron chi connectivity index (χ4n) is 3.83. The Hall–Kier alpha value is -4.15. The van der Waals surface area contributed by atoms with Crippen LogP contribution in [0.15, 0.2) is 99.0 Å². The molecule has 0 atom stereocenters. The van der Waals surface area contributed by atoms with Crippen molar-refractivity contribution in [3.05, 3.63) is 116 Å². The van der Waals surface area contributed by atoms with Gasteiger partial charge >= 0.3 is 0 Å². The number of nitrogens with zero attached hydrogens (tertiary/aromatic N) is 1. The quantitative estimate of drug-likeness (QED) is 0.120. The molecule has 2 N–H and O–H groups in total. The summed E-state index contributed by atoms with van der Waals surface area (Å²) in [6.45, 7) is 4.42. The van der Waals surface area contributed by atoms with Gasteiger partial charge in [0.05, 0.1) is 21.8 Å². The molecule has 0 unspecified atom stereocenters. The first-order valence-corrected chi connectivity index (χ1v) is 14.7. The van der Waals surface area contributed by atoms with Gasteiger partial charge in [-0.1, -0.05) is 48.5 Å². The third-order valence-electron chi connectivity index (χ3n) is 5.91. The predicted octanol–water partition coefficient (Wildman–Crippen LogP) is 7.28. The molecule has 0 spiro atoms. The lowest BCUT2D eigenvalue weighted by molar-refractivity contribution is -0.118. The Bertz CT molecular complexity index is 1550. The number of hydrogen-bond donors (Lipinski definition) is 2. The summed E-state index contributed by atoms with van der Waals surface area (Å²) in [5.41, 5.74) is 6.32. The van der Waals surface area contributed by atoms with Crippen molar-refractivity contribution in [3.63, 3.8) is 0 Å². The fraction of sp³-hybridized carbons (Fsp3) is 0.156. The number of carbonyl (C=O) groups is 2. The van der Waals surface area contributed by atoms with Crippen LogP contribution in [-0.2, 0) is 11.4 Å². The van der Waals surface area contributed by atoms with E-state index in [0.29, 0.717) is 50.5 Å². The van der Waals surface area contributed by atoms with Crippen LogP contribution in [0.5, 0.6) is 17.2 Å². The normalized spacial score (nSPS) is 10.8. The molecule has 4 aromatic rings. The number of nitrogens with one attached hydrogen (secondary N) is 2. The number of aryl methyl sites for hydroxylation is 1. The molecule has 0 heterocycles. The number of ether oxygens (including phenoxy) is 3. The van der Waals surface area contributed by atoms with E-state index in [1.807, 2.05) is 68.4 Å². The number of hydrogen-bond acceptors (Lipinski definition) is 6. The Morgan fingerprint density at radius 3 is 2.29 bits per heavy atom. The number of anilines is 1. The molecular weight excluding hydrogens is 666 g/mol. The van der Waals surface area contributed by atoms with Gasteiger partial charge in [-0.15, -0.1) is 0 Å². The van der Waals surface area contributed by atoms with Gasteiger partial charge in [-0.2, -0.15) is 5.10 Å². The molecular formula is C32H29Br2N3O5. The van der Waals surface area contributed by atoms with Crippen molar-refractivity contribution in [3.8, 4) is 17.2 Å². The van der Waals surface area contributed by atoms with Crippen molar-refractivity contribution in [1.82, 2.24) is 5.43 Å². The van der Waals surface area contributed by atoms with Crippen LogP contribution in [0.2, 0.25) is 0 Å². The molecule has 4 rings (SSSR count). The highest BCUT2D eigenvalue weighted by molar-refractivity contribution is 9.11. The van der Waals surface area contributed by atoms with Crippen molar-refractivity contribution in [1.29, 1.82) is 0 Å². The van der Waals surface area contributed by atoms with Crippen LogP contribution in [-0.4, -0.2) is 31.2 Å². The lowest BCUT2D eigenvalue weighted by Gasteiger charge is -2.13. The van der Waals surface area contributed by atoms with Crippen LogP contribution in [0.25, 0.3) is 0 Å². The molecule has 10 heteroatoms. The van der Waals surface area contributed by atoms with Gasteiger partial charge in [0, 0.05) is 11.3 Å². The van der Waals surface area contributed by atoms with E-state index in [4.69, 9.17) is 14.2 Å². The van der Waals surface area contributed by atoms with E-state index < -0.39 is 5.91 Å². The number of hydrazone groups is 1. The van der Waals surface area contributed by atoms with E-state index in [-0.39, 0.29) is 12.5 Å². The minimum Gasteiger partial charge on any atom is -0.490 e. The molecule has 42 heavy (non-hydrogen) atoms. The molecule has 0 saturated carbocycles. The molecule has 8 nitrogen and oxygen atoms in total. The van der Waals surface area contributed by atoms with Gasteiger partial charge in [0.25, 0.3) is 11.8 Å². The van der Waals surface area contributed by atoms with Crippen LogP contribution in [0, 0.1) is 6.92 Å². The standard InChI is InChI=1S/C32H29Br2N3O5/c1-3-40-29-17-24(13-14-28(29)41-19-22-10-5-4-6-11-22)32(39)37-35-18-23-15-25(33)31(26(34)16-23)42-20-30(38)36-27-12-8-7-9-21(27)2/h4-18H,3,19-20H2,1-2H3,(H,36,38)(H,37,39)/b35-18+. The first-order valence-electron chi connectivity index (χ1n) is 13.1. The lowest BCUT2D eigenvalue weighted by atomic mass is 10.2. The van der Waals surface area contributed by atoms with Crippen molar-refractivity contribution < 1.29 is 23.8 Å². The third kappa shape index (κ3) is 8.67. The molecule has 4 aromatic carbocycles. The maximum Gasteiger partial charge on any atom is 0.271 e. The van der Waals surface area contributed by atoms with E-state index in [2.05, 4.69) is 47.7 Å². The Morgan fingerprint density at radius 2 is 1.57 bits per heavy atom. The lowest BCUT2D eigenvalue weighted by Crippen LogP contribution is -2.21. The van der Waals surface area contributed by atoms with Gasteiger partial charge in [0.15, 0.2) is 18.1 Å². The van der Waals surface area contributed by atoms with E-state index in [1.54, 1.807) is 30.3 Å². The number of para-hydroxylation sites is 1. The molecule has 0 bridgehead atoms. The second-order valence-electron chi connectivity index (χ2n) is 9.03. The molecule has 0 saturated heterocycles. The molecule has 0 aliphatic rings. The Balaban J connectivity index is 1.34. The number of halogens is 2. The minimum absolute atomic E-state index is 0.172. The summed E-state index contributed by atoms with van der Waals surface area (Å²) < 4.78 is 18.6. The predicted molar refractivity (Wildman–Crippen MR) is 171 cm³/mol. The molecule has 0 fully saturated rings. The van der Waals surface area contributed by atoms with Crippen LogP contribution < -0.4 is 25.0 Å². The molecule has 216 valence electrons. The van der Waals surface area contributed by atoms with Crippen molar-refractivity contribution >= 4 is 55.6 Å². The van der Waals surface area contributed by atoms with E-state index >= 15 is 0 Å². The summed E-state index contributed by atoms with van der Waals surface area (Å²) in [6.07, 6.45) is 1.50. The Kier molecular flexibility index (Phi) is 11.1. The maximum atomic E-state index is 12.8. The minimum atomic E-state index is -0.403. The van der Waals surface area contributed by atoms with Gasteiger partial charge in [-0.25, -0.2) is 5.43 Å². The summed E-state index contributed by atoms with van der Waals surface area (Å²) >= 11 is 6.96. The summed E-state index contributed by atoms with van der Waals surface area (Å²) in [4.78, 5) is 25.1. The first-order chi connectivity index (χ1) is 20.3. The van der Waals surface area contributed by atoms with Gasteiger partial charge in [0.1, 0.15) is 12.4 Å². The number of amides is 2. The second kappa shape index (κ2) is 15.2. The average Bonchev–Trinajstić information content (AvgIpc) is 2.98. The number of carbonyl (C=O) groups excluding carboxylic acids is 2. The monoisotopic (exact) mass is 693 g/mol. The summed E-state index contributed by atoms with van der Waals surface area (Å²) in [6, 6.07) is 25.8. The largest absolute Gasteiger partial charge is 0.490 e. The molecule has 0 aliphatic carbocycles. The second-order valence-corrected chi connectivity index (χ2v) is 10.7. The highest BCUT2D eigenvalue weighted by Gasteiger charge is 2.14. The summed E-state index contributed by atoms with van der Waals surface area (Å²) in [5.74, 6) is 0.806. The first kappa shape index (κ1) is 30.8. The zero-order valence-corrected chi connectivity index (χ0v) is 26.2. The van der Waals surface area contributed by atoms with Crippen molar-refractivity contribution in [2.75, 3.05) is 18.5 Å². The molecule has 0 radical (unpaired) electrons. The fourth-order valence-corrected chi connectivity index (χ4v) is 5.28. The molecule has 0 aliphatic heterocycles. The van der Waals surface area contributed by atoms with Crippen molar-refractivity contribution in [2.45, 2.75) is 20.5 Å². The smallest absolute Gasteiger partial charge is 0.271 e. The van der Waals surface area contributed by atoms with E-state index in [1.165, 1.54) is 6.21 Å². The topological polar surface area (TPSA) is 98.3 Å². The van der Waals surface area contributed by atoms with Crippen molar-refractivity contribution in [2.24, 2.45) is 5.10 Å². The highest BCUT2D eigenvalue weighted by Crippen LogP contribution is 2.34. The highest BCUT2D eigenvalue weighted by atomic mass is 79.9. The average molecular weight is 695 g/mol. The van der Waals surface area contributed by atoms with Gasteiger partial charge < -0.3 is 19.5 Å². The number of benzene rings is 4. The van der Waals surface area contributed by atoms with E-state index in [9.17, 15) is 9.59 Å². The van der Waals surface area contributed by atoms with Crippen LogP contribution in [0.4, 0.5) is 5.69 Å². The maximum absolute atomic E-state index is 12.8. The zero-order chi connectivity index (χ0) is 29.9. The van der Waals surface area contributed by atoms with Gasteiger partial charge in [-0.3, -0.25) is 9.59 Å². The van der Waals surface area contributed by atoms with E-state index in [0.717, 1.165) is 16.8 Å². The number of rotatable bonds is 12. The zero-order valence-electron chi connectivity index (χ0n) is 23.0. The van der Waals surface area contributed by atoms with Crippen LogP contribution in [0.3, 0.4) is 0 Å². The molecule has 0 aromatic heterocycles. The Labute approximate surface area is 261 Å². The Morgan fingerprint density at radius 1 is 0.857 bits per heavy atom. The van der Waals surface area contributed by atoms with Crippen LogP contribution in [0.1, 0.15) is 34.0 Å². The van der Waals surface area contributed by atoms with Gasteiger partial charge in [-0.05, 0) is 98.8 Å².